The highest BCUT2D eigenvalue weighted by Gasteiger charge is 2.40. The Bertz CT molecular complexity index is 986. The van der Waals surface area contributed by atoms with E-state index in [2.05, 4.69) is 29.2 Å². The second kappa shape index (κ2) is 9.27. The molecule has 4 N–H and O–H groups in total. The first kappa shape index (κ1) is 20.4. The zero-order valence-corrected chi connectivity index (χ0v) is 15.9. The maximum Gasteiger partial charge on any atom is 0.274 e. The molecular formula is C22H23N3O4. The Kier molecular flexibility index (Phi) is 6.54. The summed E-state index contributed by atoms with van der Waals surface area (Å²) in [6.07, 6.45) is 4.29. The van der Waals surface area contributed by atoms with Crippen molar-refractivity contribution in [3.63, 3.8) is 0 Å². The first-order valence-electron chi connectivity index (χ1n) is 9.28. The van der Waals surface area contributed by atoms with E-state index < -0.39 is 11.3 Å². The molecule has 3 aromatic rings. The highest BCUT2D eigenvalue weighted by molar-refractivity contribution is 5.93. The summed E-state index contributed by atoms with van der Waals surface area (Å²) in [4.78, 5) is 26.3. The van der Waals surface area contributed by atoms with Crippen LogP contribution in [0.15, 0.2) is 67.0 Å². The lowest BCUT2D eigenvalue weighted by molar-refractivity contribution is -0.127. The van der Waals surface area contributed by atoms with Crippen LogP contribution in [0.3, 0.4) is 0 Å². The SMILES string of the molecule is NC(=O)C1(c2ccc3ccccc3c2)CCOCC1.O=C(NO)c1ccncc1. The Morgan fingerprint density at radius 1 is 1.00 bits per heavy atom. The number of carbonyl (C=O) groups is 2. The van der Waals surface area contributed by atoms with Crippen LogP contribution in [0.5, 0.6) is 0 Å². The van der Waals surface area contributed by atoms with E-state index in [1.807, 2.05) is 18.2 Å². The lowest BCUT2D eigenvalue weighted by atomic mass is 9.73. The van der Waals surface area contributed by atoms with Crippen molar-refractivity contribution in [3.8, 4) is 0 Å². The molecule has 0 atom stereocenters. The molecule has 150 valence electrons. The molecule has 0 aliphatic carbocycles. The molecule has 1 fully saturated rings. The number of amides is 2. The summed E-state index contributed by atoms with van der Waals surface area (Å²) in [6, 6.07) is 17.3. The highest BCUT2D eigenvalue weighted by Crippen LogP contribution is 2.36. The number of hydrogen-bond acceptors (Lipinski definition) is 5. The van der Waals surface area contributed by atoms with Crippen molar-refractivity contribution in [2.24, 2.45) is 5.73 Å². The zero-order chi connectivity index (χ0) is 20.7. The number of nitrogens with zero attached hydrogens (tertiary/aromatic N) is 1. The summed E-state index contributed by atoms with van der Waals surface area (Å²) in [5.41, 5.74) is 8.03. The number of nitrogens with one attached hydrogen (secondary N) is 1. The Balaban J connectivity index is 0.000000204. The van der Waals surface area contributed by atoms with E-state index in [-0.39, 0.29) is 5.91 Å². The van der Waals surface area contributed by atoms with Crippen molar-refractivity contribution in [1.82, 2.24) is 10.5 Å². The summed E-state index contributed by atoms with van der Waals surface area (Å²) < 4.78 is 5.38. The molecule has 0 bridgehead atoms. The highest BCUT2D eigenvalue weighted by atomic mass is 16.5. The average Bonchev–Trinajstić information content (AvgIpc) is 2.79. The van der Waals surface area contributed by atoms with Crippen molar-refractivity contribution in [2.45, 2.75) is 18.3 Å². The van der Waals surface area contributed by atoms with Crippen LogP contribution in [-0.2, 0) is 14.9 Å². The number of nitrogens with two attached hydrogens (primary N) is 1. The van der Waals surface area contributed by atoms with Gasteiger partial charge in [-0.3, -0.25) is 19.8 Å². The Labute approximate surface area is 168 Å². The van der Waals surface area contributed by atoms with Gasteiger partial charge in [-0.05, 0) is 41.3 Å². The molecule has 29 heavy (non-hydrogen) atoms. The fourth-order valence-corrected chi connectivity index (χ4v) is 3.45. The van der Waals surface area contributed by atoms with Gasteiger partial charge in [0.1, 0.15) is 0 Å². The maximum atomic E-state index is 12.0. The van der Waals surface area contributed by atoms with Gasteiger partial charge >= 0.3 is 0 Å². The average molecular weight is 393 g/mol. The van der Waals surface area contributed by atoms with Gasteiger partial charge in [-0.1, -0.05) is 42.5 Å². The second-order valence-electron chi connectivity index (χ2n) is 6.80. The Morgan fingerprint density at radius 3 is 2.28 bits per heavy atom. The van der Waals surface area contributed by atoms with Crippen LogP contribution in [0.1, 0.15) is 28.8 Å². The predicted molar refractivity (Wildman–Crippen MR) is 108 cm³/mol. The van der Waals surface area contributed by atoms with Crippen molar-refractivity contribution in [3.05, 3.63) is 78.1 Å². The molecule has 0 spiro atoms. The van der Waals surface area contributed by atoms with Gasteiger partial charge in [-0.2, -0.15) is 0 Å². The smallest absolute Gasteiger partial charge is 0.274 e. The fourth-order valence-electron chi connectivity index (χ4n) is 3.45. The summed E-state index contributed by atoms with van der Waals surface area (Å²) in [5.74, 6) is -0.770. The minimum absolute atomic E-state index is 0.244. The third kappa shape index (κ3) is 4.59. The van der Waals surface area contributed by atoms with Gasteiger partial charge in [0.05, 0.1) is 5.41 Å². The summed E-state index contributed by atoms with van der Waals surface area (Å²) in [6.45, 7) is 1.19. The normalized spacial score (nSPS) is 15.1. The van der Waals surface area contributed by atoms with Crippen molar-refractivity contribution in [2.75, 3.05) is 13.2 Å². The van der Waals surface area contributed by atoms with Crippen LogP contribution in [0.2, 0.25) is 0 Å². The van der Waals surface area contributed by atoms with E-state index in [1.54, 1.807) is 0 Å². The van der Waals surface area contributed by atoms with Crippen LogP contribution in [0, 0.1) is 0 Å². The second-order valence-corrected chi connectivity index (χ2v) is 6.80. The molecule has 2 amide bonds. The molecule has 1 aromatic heterocycles. The van der Waals surface area contributed by atoms with Gasteiger partial charge in [0.2, 0.25) is 5.91 Å². The number of aromatic nitrogens is 1. The van der Waals surface area contributed by atoms with Gasteiger partial charge in [0.15, 0.2) is 0 Å². The molecule has 1 aliphatic rings. The fraction of sp³-hybridized carbons (Fsp3) is 0.227. The van der Waals surface area contributed by atoms with Gasteiger partial charge < -0.3 is 10.5 Å². The molecule has 0 radical (unpaired) electrons. The van der Waals surface area contributed by atoms with Crippen molar-refractivity contribution in [1.29, 1.82) is 0 Å². The molecule has 7 heteroatoms. The predicted octanol–water partition coefficient (Wildman–Crippen LogP) is 2.57. The van der Waals surface area contributed by atoms with E-state index in [0.717, 1.165) is 10.9 Å². The van der Waals surface area contributed by atoms with Crippen LogP contribution < -0.4 is 11.2 Å². The van der Waals surface area contributed by atoms with Crippen LogP contribution >= 0.6 is 0 Å². The van der Waals surface area contributed by atoms with Gasteiger partial charge in [0.25, 0.3) is 5.91 Å². The molecule has 4 rings (SSSR count). The molecule has 1 aliphatic heterocycles. The largest absolute Gasteiger partial charge is 0.381 e. The summed E-state index contributed by atoms with van der Waals surface area (Å²) in [7, 11) is 0. The quantitative estimate of drug-likeness (QED) is 0.467. The molecule has 0 unspecified atom stereocenters. The molecule has 2 aromatic carbocycles. The zero-order valence-electron chi connectivity index (χ0n) is 15.9. The van der Waals surface area contributed by atoms with E-state index in [4.69, 9.17) is 15.7 Å². The van der Waals surface area contributed by atoms with Crippen LogP contribution in [-0.4, -0.2) is 35.2 Å². The minimum Gasteiger partial charge on any atom is -0.381 e. The molecule has 2 heterocycles. The summed E-state index contributed by atoms with van der Waals surface area (Å²) >= 11 is 0. The van der Waals surface area contributed by atoms with E-state index in [1.165, 1.54) is 35.4 Å². The Morgan fingerprint density at radius 2 is 1.66 bits per heavy atom. The number of benzene rings is 2. The van der Waals surface area contributed by atoms with E-state index in [9.17, 15) is 9.59 Å². The summed E-state index contributed by atoms with van der Waals surface area (Å²) in [5, 5.41) is 10.5. The number of hydroxylamine groups is 1. The maximum absolute atomic E-state index is 12.0. The Hall–Kier alpha value is -3.29. The third-order valence-corrected chi connectivity index (χ3v) is 5.16. The topological polar surface area (TPSA) is 115 Å². The number of pyridine rings is 1. The number of rotatable bonds is 3. The van der Waals surface area contributed by atoms with Gasteiger partial charge in [0, 0.05) is 31.2 Å². The first-order valence-corrected chi connectivity index (χ1v) is 9.28. The number of carbonyl (C=O) groups excluding carboxylic acids is 2. The number of ether oxygens (including phenoxy) is 1. The van der Waals surface area contributed by atoms with E-state index in [0.29, 0.717) is 31.6 Å². The molecule has 1 saturated heterocycles. The number of fused-ring (bicyclic) bond motifs is 1. The number of primary amides is 1. The third-order valence-electron chi connectivity index (χ3n) is 5.16. The number of hydrogen-bond donors (Lipinski definition) is 3. The lowest BCUT2D eigenvalue weighted by Crippen LogP contribution is -2.45. The monoisotopic (exact) mass is 393 g/mol. The minimum atomic E-state index is -0.567. The van der Waals surface area contributed by atoms with Gasteiger partial charge in [-0.15, -0.1) is 0 Å². The lowest BCUT2D eigenvalue weighted by Gasteiger charge is -2.34. The molecule has 0 saturated carbocycles. The molecule has 7 nitrogen and oxygen atoms in total. The van der Waals surface area contributed by atoms with Gasteiger partial charge in [-0.25, -0.2) is 5.48 Å². The van der Waals surface area contributed by atoms with Crippen LogP contribution in [0.4, 0.5) is 0 Å². The van der Waals surface area contributed by atoms with Crippen LogP contribution in [0.25, 0.3) is 10.8 Å². The van der Waals surface area contributed by atoms with Crippen molar-refractivity contribution < 1.29 is 19.5 Å². The van der Waals surface area contributed by atoms with Crippen molar-refractivity contribution >= 4 is 22.6 Å². The van der Waals surface area contributed by atoms with E-state index >= 15 is 0 Å². The molecular weight excluding hydrogens is 370 g/mol. The first-order chi connectivity index (χ1) is 14.1. The standard InChI is InChI=1S/C16H17NO2.C6H6N2O2/c17-15(18)16(7-9-19-10-8-16)14-6-5-12-3-1-2-4-13(12)11-14;9-6(8-10)5-1-3-7-4-2-5/h1-6,11H,7-10H2,(H2,17,18);1-4,10H,(H,8,9).